The van der Waals surface area contributed by atoms with Gasteiger partial charge in [-0.25, -0.2) is 13.1 Å². The molecule has 0 unspecified atom stereocenters. The molecule has 8 heteroatoms. The molecule has 0 bridgehead atoms. The van der Waals surface area contributed by atoms with Gasteiger partial charge in [0.15, 0.2) is 0 Å². The van der Waals surface area contributed by atoms with Crippen molar-refractivity contribution in [2.45, 2.75) is 12.7 Å². The number of aromatic nitrogens is 2. The van der Waals surface area contributed by atoms with Gasteiger partial charge in [-0.05, 0) is 30.2 Å². The van der Waals surface area contributed by atoms with E-state index in [0.717, 1.165) is 5.56 Å². The fraction of sp³-hybridized carbons (Fsp3) is 0.154. The molecule has 21 heavy (non-hydrogen) atoms. The molecule has 0 aromatic carbocycles. The van der Waals surface area contributed by atoms with Gasteiger partial charge in [0.1, 0.15) is 17.7 Å². The van der Waals surface area contributed by atoms with E-state index in [1.807, 2.05) is 4.72 Å². The maximum atomic E-state index is 11.8. The molecule has 0 atom stereocenters. The Labute approximate surface area is 121 Å². The van der Waals surface area contributed by atoms with Crippen molar-refractivity contribution < 1.29 is 17.7 Å². The topological polar surface area (TPSA) is 102 Å². The number of hydrogen-bond donors (Lipinski definition) is 1. The predicted octanol–water partition coefficient (Wildman–Crippen LogP) is 1.12. The summed E-state index contributed by atoms with van der Waals surface area (Å²) in [5.74, 6) is -1.13. The number of carbonyl (C=O) groups is 1. The number of pyridine rings is 1. The Morgan fingerprint density at radius 1 is 1.33 bits per heavy atom. The lowest BCUT2D eigenvalue weighted by Gasteiger charge is -2.04. The molecule has 1 amide bonds. The van der Waals surface area contributed by atoms with Crippen molar-refractivity contribution in [2.75, 3.05) is 0 Å². The van der Waals surface area contributed by atoms with E-state index in [2.05, 4.69) is 14.7 Å². The highest BCUT2D eigenvalue weighted by Gasteiger charge is 2.16. The van der Waals surface area contributed by atoms with E-state index in [-0.39, 0.29) is 5.69 Å². The van der Waals surface area contributed by atoms with Crippen LogP contribution in [-0.2, 0) is 20.6 Å². The number of amides is 1. The van der Waals surface area contributed by atoms with Crippen LogP contribution in [0.2, 0.25) is 0 Å². The van der Waals surface area contributed by atoms with Crippen molar-refractivity contribution in [1.82, 2.24) is 14.9 Å². The van der Waals surface area contributed by atoms with Crippen molar-refractivity contribution in [2.24, 2.45) is 0 Å². The largest absolute Gasteiger partial charge is 0.364 e. The second-order valence-corrected chi connectivity index (χ2v) is 6.00. The molecule has 0 fully saturated rings. The SMILES string of the molecule is C/C(=C\C(=O)NS(=O)(=O)Cc1ccon1)c1ccncc1. The zero-order chi connectivity index (χ0) is 15.3. The average Bonchev–Trinajstić information content (AvgIpc) is 2.90. The van der Waals surface area contributed by atoms with Gasteiger partial charge in [0.25, 0.3) is 5.91 Å². The van der Waals surface area contributed by atoms with Gasteiger partial charge >= 0.3 is 0 Å². The molecule has 2 rings (SSSR count). The van der Waals surface area contributed by atoms with Gasteiger partial charge < -0.3 is 4.52 Å². The number of carbonyl (C=O) groups excluding carboxylic acids is 1. The second-order valence-electron chi connectivity index (χ2n) is 4.28. The van der Waals surface area contributed by atoms with Gasteiger partial charge in [0.2, 0.25) is 10.0 Å². The minimum atomic E-state index is -3.81. The molecule has 1 N–H and O–H groups in total. The number of rotatable bonds is 5. The summed E-state index contributed by atoms with van der Waals surface area (Å²) in [6.45, 7) is 1.71. The van der Waals surface area contributed by atoms with E-state index in [1.165, 1.54) is 18.4 Å². The van der Waals surface area contributed by atoms with Gasteiger partial charge in [-0.1, -0.05) is 5.16 Å². The molecule has 7 nitrogen and oxygen atoms in total. The third kappa shape index (κ3) is 4.53. The monoisotopic (exact) mass is 307 g/mol. The van der Waals surface area contributed by atoms with Crippen LogP contribution in [0, 0.1) is 0 Å². The molecule has 110 valence electrons. The van der Waals surface area contributed by atoms with E-state index in [4.69, 9.17) is 0 Å². The number of nitrogens with one attached hydrogen (secondary N) is 1. The Hall–Kier alpha value is -2.48. The van der Waals surface area contributed by atoms with Gasteiger partial charge in [0.05, 0.1) is 0 Å². The molecule has 2 aromatic heterocycles. The van der Waals surface area contributed by atoms with Crippen molar-refractivity contribution in [3.05, 3.63) is 54.2 Å². The summed E-state index contributed by atoms with van der Waals surface area (Å²) in [5, 5.41) is 3.49. The number of allylic oxidation sites excluding steroid dienone is 1. The van der Waals surface area contributed by atoms with E-state index in [9.17, 15) is 13.2 Å². The van der Waals surface area contributed by atoms with Gasteiger partial charge in [-0.15, -0.1) is 0 Å². The Kier molecular flexibility index (Phi) is 4.49. The Morgan fingerprint density at radius 2 is 2.05 bits per heavy atom. The molecule has 0 aliphatic carbocycles. The smallest absolute Gasteiger partial charge is 0.257 e. The molecule has 0 saturated heterocycles. The maximum Gasteiger partial charge on any atom is 0.257 e. The minimum Gasteiger partial charge on any atom is -0.364 e. The molecular formula is C13H13N3O4S. The van der Waals surface area contributed by atoms with Crippen molar-refractivity contribution in [3.63, 3.8) is 0 Å². The first-order valence-electron chi connectivity index (χ1n) is 5.99. The van der Waals surface area contributed by atoms with E-state index in [0.29, 0.717) is 5.57 Å². The number of sulfonamides is 1. The zero-order valence-electron chi connectivity index (χ0n) is 11.2. The lowest BCUT2D eigenvalue weighted by molar-refractivity contribution is -0.114. The van der Waals surface area contributed by atoms with Crippen LogP contribution in [0.5, 0.6) is 0 Å². The van der Waals surface area contributed by atoms with Crippen molar-refractivity contribution >= 4 is 21.5 Å². The minimum absolute atomic E-state index is 0.227. The standard InChI is InChI=1S/C13H13N3O4S/c1-10(11-2-5-14-6-3-11)8-13(17)16-21(18,19)9-12-4-7-20-15-12/h2-8H,9H2,1H3,(H,16,17)/b10-8+. The Morgan fingerprint density at radius 3 is 2.67 bits per heavy atom. The number of nitrogens with zero attached hydrogens (tertiary/aromatic N) is 2. The second kappa shape index (κ2) is 6.31. The van der Waals surface area contributed by atoms with Crippen LogP contribution in [0.1, 0.15) is 18.2 Å². The molecule has 2 aromatic rings. The molecule has 0 aliphatic rings. The van der Waals surface area contributed by atoms with Gasteiger partial charge in [-0.3, -0.25) is 9.78 Å². The first kappa shape index (κ1) is 14.9. The van der Waals surface area contributed by atoms with Crippen LogP contribution < -0.4 is 4.72 Å². The van der Waals surface area contributed by atoms with E-state index in [1.54, 1.807) is 31.5 Å². The van der Waals surface area contributed by atoms with Crippen LogP contribution in [0.3, 0.4) is 0 Å². The van der Waals surface area contributed by atoms with Crippen LogP contribution in [0.25, 0.3) is 5.57 Å². The van der Waals surface area contributed by atoms with Gasteiger partial charge in [-0.2, -0.15) is 0 Å². The predicted molar refractivity (Wildman–Crippen MR) is 75.2 cm³/mol. The molecule has 0 spiro atoms. The molecule has 2 heterocycles. The summed E-state index contributed by atoms with van der Waals surface area (Å²) >= 11 is 0. The molecular weight excluding hydrogens is 294 g/mol. The van der Waals surface area contributed by atoms with E-state index < -0.39 is 21.7 Å². The highest BCUT2D eigenvalue weighted by molar-refractivity contribution is 7.89. The fourth-order valence-corrected chi connectivity index (χ4v) is 2.60. The van der Waals surface area contributed by atoms with Gasteiger partial charge in [0, 0.05) is 24.5 Å². The number of hydrogen-bond acceptors (Lipinski definition) is 6. The van der Waals surface area contributed by atoms with Crippen LogP contribution >= 0.6 is 0 Å². The third-order valence-electron chi connectivity index (χ3n) is 2.57. The van der Waals surface area contributed by atoms with Crippen molar-refractivity contribution in [3.8, 4) is 0 Å². The van der Waals surface area contributed by atoms with Crippen molar-refractivity contribution in [1.29, 1.82) is 0 Å². The highest BCUT2D eigenvalue weighted by atomic mass is 32.2. The summed E-state index contributed by atoms with van der Waals surface area (Å²) in [5.41, 5.74) is 1.64. The molecule has 0 saturated carbocycles. The molecule has 0 aliphatic heterocycles. The first-order valence-corrected chi connectivity index (χ1v) is 7.64. The highest BCUT2D eigenvalue weighted by Crippen LogP contribution is 2.11. The normalized spacial score (nSPS) is 12.1. The first-order chi connectivity index (χ1) is 9.96. The van der Waals surface area contributed by atoms with Crippen LogP contribution in [0.15, 0.2) is 47.5 Å². The average molecular weight is 307 g/mol. The van der Waals surface area contributed by atoms with E-state index >= 15 is 0 Å². The van der Waals surface area contributed by atoms with Crippen LogP contribution in [-0.4, -0.2) is 24.5 Å². The summed E-state index contributed by atoms with van der Waals surface area (Å²) < 4.78 is 30.0. The zero-order valence-corrected chi connectivity index (χ0v) is 12.0. The lowest BCUT2D eigenvalue weighted by atomic mass is 10.1. The summed E-state index contributed by atoms with van der Waals surface area (Å²) in [4.78, 5) is 15.6. The third-order valence-corrected chi connectivity index (χ3v) is 3.76. The quantitative estimate of drug-likeness (QED) is 0.830. The summed E-state index contributed by atoms with van der Waals surface area (Å²) in [7, 11) is -3.81. The molecule has 0 radical (unpaired) electrons. The Balaban J connectivity index is 2.04. The Bertz CT molecular complexity index is 737. The fourth-order valence-electron chi connectivity index (χ4n) is 1.62. The van der Waals surface area contributed by atoms with Crippen LogP contribution in [0.4, 0.5) is 0 Å². The lowest BCUT2D eigenvalue weighted by Crippen LogP contribution is -2.30. The maximum absolute atomic E-state index is 11.8. The summed E-state index contributed by atoms with van der Waals surface area (Å²) in [6, 6.07) is 4.87. The summed E-state index contributed by atoms with van der Waals surface area (Å²) in [6.07, 6.45) is 5.66.